The van der Waals surface area contributed by atoms with Crippen molar-refractivity contribution in [3.63, 3.8) is 0 Å². The van der Waals surface area contributed by atoms with E-state index >= 15 is 0 Å². The van der Waals surface area contributed by atoms with Gasteiger partial charge < -0.3 is 15.1 Å². The molecule has 4 nitrogen and oxygen atoms in total. The minimum Gasteiger partial charge on any atom is -0.478 e. The number of benzene rings is 1. The highest BCUT2D eigenvalue weighted by Crippen LogP contribution is 2.32. The fraction of sp³-hybridized carbons (Fsp3) is 0.462. The summed E-state index contributed by atoms with van der Waals surface area (Å²) in [5, 5.41) is 18.0. The number of hydrogen-bond acceptors (Lipinski definition) is 3. The van der Waals surface area contributed by atoms with E-state index in [-0.39, 0.29) is 6.61 Å². The SMILES string of the molecule is Cc1cc(N(CCO)C2CC2)ccc1C(=O)O. The number of aryl methyl sites for hydroxylation is 1. The summed E-state index contributed by atoms with van der Waals surface area (Å²) in [5.74, 6) is -0.894. The largest absolute Gasteiger partial charge is 0.478 e. The van der Waals surface area contributed by atoms with Crippen molar-refractivity contribution in [3.05, 3.63) is 29.3 Å². The van der Waals surface area contributed by atoms with Crippen LogP contribution in [-0.4, -0.2) is 35.4 Å². The summed E-state index contributed by atoms with van der Waals surface area (Å²) >= 11 is 0. The second-order valence-electron chi connectivity index (χ2n) is 4.45. The maximum atomic E-state index is 10.9. The van der Waals surface area contributed by atoms with Crippen LogP contribution in [0.5, 0.6) is 0 Å². The van der Waals surface area contributed by atoms with Gasteiger partial charge in [-0.25, -0.2) is 4.79 Å². The lowest BCUT2D eigenvalue weighted by atomic mass is 10.1. The topological polar surface area (TPSA) is 60.8 Å². The van der Waals surface area contributed by atoms with Crippen LogP contribution in [0.15, 0.2) is 18.2 Å². The van der Waals surface area contributed by atoms with Crippen molar-refractivity contribution in [3.8, 4) is 0 Å². The van der Waals surface area contributed by atoms with Crippen molar-refractivity contribution < 1.29 is 15.0 Å². The van der Waals surface area contributed by atoms with E-state index in [1.54, 1.807) is 13.0 Å². The number of carboxylic acids is 1. The van der Waals surface area contributed by atoms with Gasteiger partial charge in [0.1, 0.15) is 0 Å². The van der Waals surface area contributed by atoms with E-state index in [9.17, 15) is 4.79 Å². The summed E-state index contributed by atoms with van der Waals surface area (Å²) in [6.07, 6.45) is 2.31. The van der Waals surface area contributed by atoms with E-state index in [4.69, 9.17) is 10.2 Å². The van der Waals surface area contributed by atoms with Crippen LogP contribution in [0, 0.1) is 6.92 Å². The first-order valence-corrected chi connectivity index (χ1v) is 5.85. The predicted octanol–water partition coefficient (Wildman–Crippen LogP) is 1.65. The molecule has 0 amide bonds. The number of aliphatic hydroxyl groups is 1. The molecule has 1 aliphatic carbocycles. The first-order chi connectivity index (χ1) is 8.13. The lowest BCUT2D eigenvalue weighted by molar-refractivity contribution is 0.0696. The molecular formula is C13H17NO3. The molecule has 0 atom stereocenters. The average Bonchev–Trinajstić information content (AvgIpc) is 3.09. The van der Waals surface area contributed by atoms with Gasteiger partial charge in [0.05, 0.1) is 12.2 Å². The zero-order valence-corrected chi connectivity index (χ0v) is 9.89. The van der Waals surface area contributed by atoms with Gasteiger partial charge in [0, 0.05) is 18.3 Å². The number of anilines is 1. The van der Waals surface area contributed by atoms with Crippen molar-refractivity contribution in [2.45, 2.75) is 25.8 Å². The monoisotopic (exact) mass is 235 g/mol. The van der Waals surface area contributed by atoms with Crippen molar-refractivity contribution in [2.24, 2.45) is 0 Å². The molecule has 17 heavy (non-hydrogen) atoms. The summed E-state index contributed by atoms with van der Waals surface area (Å²) < 4.78 is 0. The zero-order chi connectivity index (χ0) is 12.4. The van der Waals surface area contributed by atoms with Gasteiger partial charge in [0.2, 0.25) is 0 Å². The normalized spacial score (nSPS) is 14.7. The fourth-order valence-corrected chi connectivity index (χ4v) is 2.08. The van der Waals surface area contributed by atoms with Crippen molar-refractivity contribution >= 4 is 11.7 Å². The molecule has 2 rings (SSSR count). The Morgan fingerprint density at radius 1 is 1.47 bits per heavy atom. The summed E-state index contributed by atoms with van der Waals surface area (Å²) in [7, 11) is 0. The molecule has 2 N–H and O–H groups in total. The lowest BCUT2D eigenvalue weighted by Gasteiger charge is -2.24. The van der Waals surface area contributed by atoms with Gasteiger partial charge in [-0.2, -0.15) is 0 Å². The molecule has 0 bridgehead atoms. The molecule has 0 heterocycles. The van der Waals surface area contributed by atoms with Crippen LogP contribution in [0.3, 0.4) is 0 Å². The van der Waals surface area contributed by atoms with E-state index in [0.717, 1.165) is 24.1 Å². The Kier molecular flexibility index (Phi) is 3.33. The van der Waals surface area contributed by atoms with Crippen LogP contribution in [0.1, 0.15) is 28.8 Å². The van der Waals surface area contributed by atoms with Crippen LogP contribution in [0.4, 0.5) is 5.69 Å². The van der Waals surface area contributed by atoms with Crippen LogP contribution in [-0.2, 0) is 0 Å². The number of nitrogens with zero attached hydrogens (tertiary/aromatic N) is 1. The third-order valence-electron chi connectivity index (χ3n) is 3.10. The van der Waals surface area contributed by atoms with E-state index in [1.807, 2.05) is 12.1 Å². The third-order valence-corrected chi connectivity index (χ3v) is 3.10. The number of hydrogen-bond donors (Lipinski definition) is 2. The standard InChI is InChI=1S/C13H17NO3/c1-9-8-11(4-5-12(9)13(16)17)14(6-7-15)10-2-3-10/h4-5,8,10,15H,2-3,6-7H2,1H3,(H,16,17). The summed E-state index contributed by atoms with van der Waals surface area (Å²) in [6.45, 7) is 2.53. The number of aromatic carboxylic acids is 1. The van der Waals surface area contributed by atoms with Crippen LogP contribution in [0.25, 0.3) is 0 Å². The van der Waals surface area contributed by atoms with Crippen LogP contribution >= 0.6 is 0 Å². The summed E-state index contributed by atoms with van der Waals surface area (Å²) in [4.78, 5) is 13.1. The molecule has 0 spiro atoms. The molecule has 0 radical (unpaired) electrons. The number of aliphatic hydroxyl groups excluding tert-OH is 1. The van der Waals surface area contributed by atoms with E-state index < -0.39 is 5.97 Å². The fourth-order valence-electron chi connectivity index (χ4n) is 2.08. The molecule has 0 aliphatic heterocycles. The highest BCUT2D eigenvalue weighted by molar-refractivity contribution is 5.89. The molecule has 0 saturated heterocycles. The Labute approximate surface area is 100 Å². The maximum absolute atomic E-state index is 10.9. The molecule has 1 fully saturated rings. The van der Waals surface area contributed by atoms with Gasteiger partial charge in [-0.15, -0.1) is 0 Å². The molecule has 92 valence electrons. The number of carbonyl (C=O) groups is 1. The zero-order valence-electron chi connectivity index (χ0n) is 9.89. The van der Waals surface area contributed by atoms with E-state index in [1.165, 1.54) is 0 Å². The van der Waals surface area contributed by atoms with Gasteiger partial charge in [-0.1, -0.05) is 0 Å². The Morgan fingerprint density at radius 2 is 2.18 bits per heavy atom. The van der Waals surface area contributed by atoms with Gasteiger partial charge in [0.15, 0.2) is 0 Å². The summed E-state index contributed by atoms with van der Waals surface area (Å²) in [5.41, 5.74) is 2.11. The van der Waals surface area contributed by atoms with E-state index in [0.29, 0.717) is 18.2 Å². The first-order valence-electron chi connectivity index (χ1n) is 5.85. The quantitative estimate of drug-likeness (QED) is 0.814. The van der Waals surface area contributed by atoms with Gasteiger partial charge in [-0.05, 0) is 43.5 Å². The average molecular weight is 235 g/mol. The number of rotatable bonds is 5. The van der Waals surface area contributed by atoms with Crippen molar-refractivity contribution in [1.82, 2.24) is 0 Å². The number of carboxylic acid groups (broad SMARTS) is 1. The van der Waals surface area contributed by atoms with Crippen molar-refractivity contribution in [1.29, 1.82) is 0 Å². The molecular weight excluding hydrogens is 218 g/mol. The molecule has 0 aromatic heterocycles. The minimum absolute atomic E-state index is 0.121. The second-order valence-corrected chi connectivity index (χ2v) is 4.45. The molecule has 1 aliphatic rings. The van der Waals surface area contributed by atoms with Crippen LogP contribution in [0.2, 0.25) is 0 Å². The van der Waals surface area contributed by atoms with Crippen molar-refractivity contribution in [2.75, 3.05) is 18.1 Å². The maximum Gasteiger partial charge on any atom is 0.335 e. The van der Waals surface area contributed by atoms with Gasteiger partial charge in [0.25, 0.3) is 0 Å². The molecule has 1 aromatic carbocycles. The Balaban J connectivity index is 2.25. The Morgan fingerprint density at radius 3 is 2.65 bits per heavy atom. The minimum atomic E-state index is -0.894. The molecule has 0 unspecified atom stereocenters. The van der Waals surface area contributed by atoms with Gasteiger partial charge in [-0.3, -0.25) is 0 Å². The highest BCUT2D eigenvalue weighted by atomic mass is 16.4. The highest BCUT2D eigenvalue weighted by Gasteiger charge is 2.29. The molecule has 1 saturated carbocycles. The third kappa shape index (κ3) is 2.58. The van der Waals surface area contributed by atoms with Gasteiger partial charge >= 0.3 is 5.97 Å². The smallest absolute Gasteiger partial charge is 0.335 e. The molecule has 4 heteroatoms. The van der Waals surface area contributed by atoms with E-state index in [2.05, 4.69) is 4.90 Å². The summed E-state index contributed by atoms with van der Waals surface area (Å²) in [6, 6.07) is 5.86. The first kappa shape index (κ1) is 11.9. The molecule has 1 aromatic rings. The van der Waals surface area contributed by atoms with Crippen LogP contribution < -0.4 is 4.90 Å². The lowest BCUT2D eigenvalue weighted by Crippen LogP contribution is -2.28. The Hall–Kier alpha value is -1.55. The predicted molar refractivity (Wildman–Crippen MR) is 65.6 cm³/mol. The Bertz CT molecular complexity index is 427. The second kappa shape index (κ2) is 4.75.